The molecule has 0 saturated heterocycles. The molecule has 2 amide bonds. The van der Waals surface area contributed by atoms with E-state index in [1.54, 1.807) is 11.0 Å². The first kappa shape index (κ1) is 18.5. The third kappa shape index (κ3) is 4.12. The zero-order valence-corrected chi connectivity index (χ0v) is 14.8. The Morgan fingerprint density at radius 1 is 1.22 bits per heavy atom. The Balaban J connectivity index is 1.75. The van der Waals surface area contributed by atoms with Gasteiger partial charge in [0.2, 0.25) is 0 Å². The number of nitro groups is 1. The molecule has 140 valence electrons. The lowest BCUT2D eigenvalue weighted by molar-refractivity contribution is -0.384. The Labute approximate surface area is 155 Å². The number of nitrogens with one attached hydrogen (secondary N) is 1. The molecule has 1 aliphatic rings. The fourth-order valence-corrected chi connectivity index (χ4v) is 3.07. The van der Waals surface area contributed by atoms with Crippen molar-refractivity contribution in [3.05, 3.63) is 63.7 Å². The van der Waals surface area contributed by atoms with Gasteiger partial charge in [0.15, 0.2) is 0 Å². The van der Waals surface area contributed by atoms with Gasteiger partial charge in [-0.3, -0.25) is 19.7 Å². The molecular formula is C19H19N3O5. The Hall–Kier alpha value is -3.26. The molecule has 1 N–H and O–H groups in total. The summed E-state index contributed by atoms with van der Waals surface area (Å²) < 4.78 is 4.93. The third-order valence-electron chi connectivity index (χ3n) is 4.37. The van der Waals surface area contributed by atoms with Crippen molar-refractivity contribution in [3.63, 3.8) is 0 Å². The van der Waals surface area contributed by atoms with Crippen LogP contribution in [-0.4, -0.2) is 37.0 Å². The van der Waals surface area contributed by atoms with E-state index in [0.29, 0.717) is 17.8 Å². The van der Waals surface area contributed by atoms with Gasteiger partial charge >= 0.3 is 0 Å². The van der Waals surface area contributed by atoms with Gasteiger partial charge in [-0.25, -0.2) is 0 Å². The first-order valence-electron chi connectivity index (χ1n) is 8.47. The van der Waals surface area contributed by atoms with Crippen LogP contribution in [0.25, 0.3) is 0 Å². The van der Waals surface area contributed by atoms with Crippen LogP contribution in [0, 0.1) is 10.1 Å². The highest BCUT2D eigenvalue weighted by molar-refractivity contribution is 6.04. The number of hydrogen-bond donors (Lipinski definition) is 1. The van der Waals surface area contributed by atoms with Crippen LogP contribution in [0.1, 0.15) is 22.3 Å². The SMILES string of the molecule is COCC(=O)N1CCCc2cc(NC(=O)c3ccc([N+](=O)[O-])cc3)ccc21. The number of amides is 2. The molecule has 0 atom stereocenters. The molecule has 0 spiro atoms. The fourth-order valence-electron chi connectivity index (χ4n) is 3.07. The van der Waals surface area contributed by atoms with Gasteiger partial charge in [-0.05, 0) is 48.7 Å². The summed E-state index contributed by atoms with van der Waals surface area (Å²) in [4.78, 5) is 36.4. The minimum atomic E-state index is -0.512. The van der Waals surface area contributed by atoms with Crippen LogP contribution >= 0.6 is 0 Å². The Morgan fingerprint density at radius 2 is 1.96 bits per heavy atom. The average molecular weight is 369 g/mol. The van der Waals surface area contributed by atoms with Crippen molar-refractivity contribution in [2.24, 2.45) is 0 Å². The maximum Gasteiger partial charge on any atom is 0.269 e. The summed E-state index contributed by atoms with van der Waals surface area (Å²) in [5.74, 6) is -0.450. The van der Waals surface area contributed by atoms with E-state index in [0.717, 1.165) is 24.1 Å². The summed E-state index contributed by atoms with van der Waals surface area (Å²) in [6.45, 7) is 0.668. The summed E-state index contributed by atoms with van der Waals surface area (Å²) in [7, 11) is 1.49. The molecule has 3 rings (SSSR count). The van der Waals surface area contributed by atoms with E-state index in [1.165, 1.54) is 31.4 Å². The molecule has 0 radical (unpaired) electrons. The molecule has 0 aromatic heterocycles. The van der Waals surface area contributed by atoms with E-state index in [9.17, 15) is 19.7 Å². The van der Waals surface area contributed by atoms with E-state index >= 15 is 0 Å². The number of non-ortho nitro benzene ring substituents is 1. The second kappa shape index (κ2) is 7.96. The number of nitro benzene ring substituents is 1. The molecule has 27 heavy (non-hydrogen) atoms. The molecule has 0 bridgehead atoms. The lowest BCUT2D eigenvalue weighted by Gasteiger charge is -2.29. The van der Waals surface area contributed by atoms with E-state index in [-0.39, 0.29) is 24.1 Å². The number of methoxy groups -OCH3 is 1. The largest absolute Gasteiger partial charge is 0.375 e. The monoisotopic (exact) mass is 369 g/mol. The minimum Gasteiger partial charge on any atom is -0.375 e. The van der Waals surface area contributed by atoms with Crippen molar-refractivity contribution in [2.45, 2.75) is 12.8 Å². The van der Waals surface area contributed by atoms with E-state index < -0.39 is 4.92 Å². The second-order valence-electron chi connectivity index (χ2n) is 6.18. The number of nitrogens with zero attached hydrogens (tertiary/aromatic N) is 2. The van der Waals surface area contributed by atoms with E-state index in [1.807, 2.05) is 12.1 Å². The average Bonchev–Trinajstić information content (AvgIpc) is 2.67. The molecule has 8 heteroatoms. The van der Waals surface area contributed by atoms with Crippen molar-refractivity contribution >= 4 is 28.9 Å². The predicted molar refractivity (Wildman–Crippen MR) is 100 cm³/mol. The van der Waals surface area contributed by atoms with Gasteiger partial charge in [-0.1, -0.05) is 0 Å². The van der Waals surface area contributed by atoms with Crippen molar-refractivity contribution in [2.75, 3.05) is 30.5 Å². The molecule has 0 fully saturated rings. The molecule has 2 aromatic carbocycles. The van der Waals surface area contributed by atoms with Crippen LogP contribution in [0.15, 0.2) is 42.5 Å². The highest BCUT2D eigenvalue weighted by atomic mass is 16.6. The standard InChI is InChI=1S/C19H19N3O5/c1-27-12-18(23)21-10-2-3-14-11-15(6-9-17(14)21)20-19(24)13-4-7-16(8-5-13)22(25)26/h4-9,11H,2-3,10,12H2,1H3,(H,20,24). The topological polar surface area (TPSA) is 102 Å². The van der Waals surface area contributed by atoms with E-state index in [4.69, 9.17) is 4.74 Å². The van der Waals surface area contributed by atoms with Crippen molar-refractivity contribution < 1.29 is 19.2 Å². The normalized spacial score (nSPS) is 13.0. The van der Waals surface area contributed by atoms with Gasteiger partial charge in [0, 0.05) is 42.7 Å². The van der Waals surface area contributed by atoms with Crippen LogP contribution in [-0.2, 0) is 16.0 Å². The zero-order chi connectivity index (χ0) is 19.4. The first-order valence-corrected chi connectivity index (χ1v) is 8.47. The second-order valence-corrected chi connectivity index (χ2v) is 6.18. The number of benzene rings is 2. The summed E-state index contributed by atoms with van der Waals surface area (Å²) in [5.41, 5.74) is 2.68. The number of rotatable bonds is 5. The maximum absolute atomic E-state index is 12.4. The first-order chi connectivity index (χ1) is 13.0. The quantitative estimate of drug-likeness (QED) is 0.645. The summed E-state index contributed by atoms with van der Waals surface area (Å²) >= 11 is 0. The molecule has 1 aliphatic heterocycles. The third-order valence-corrected chi connectivity index (χ3v) is 4.37. The van der Waals surface area contributed by atoms with Crippen LogP contribution in [0.3, 0.4) is 0 Å². The van der Waals surface area contributed by atoms with Gasteiger partial charge in [-0.2, -0.15) is 0 Å². The molecule has 2 aromatic rings. The Morgan fingerprint density at radius 3 is 2.63 bits per heavy atom. The fraction of sp³-hybridized carbons (Fsp3) is 0.263. The number of carbonyl (C=O) groups is 2. The number of anilines is 2. The number of aryl methyl sites for hydroxylation is 1. The lowest BCUT2D eigenvalue weighted by atomic mass is 10.0. The molecule has 0 aliphatic carbocycles. The maximum atomic E-state index is 12.4. The highest BCUT2D eigenvalue weighted by Crippen LogP contribution is 2.30. The van der Waals surface area contributed by atoms with Gasteiger partial charge in [-0.15, -0.1) is 0 Å². The van der Waals surface area contributed by atoms with Crippen LogP contribution < -0.4 is 10.2 Å². The smallest absolute Gasteiger partial charge is 0.269 e. The molecule has 0 saturated carbocycles. The van der Waals surface area contributed by atoms with Gasteiger partial charge in [0.1, 0.15) is 6.61 Å². The summed E-state index contributed by atoms with van der Waals surface area (Å²) in [5, 5.41) is 13.5. The van der Waals surface area contributed by atoms with Crippen molar-refractivity contribution in [3.8, 4) is 0 Å². The predicted octanol–water partition coefficient (Wildman–Crippen LogP) is 2.77. The van der Waals surface area contributed by atoms with Crippen molar-refractivity contribution in [1.82, 2.24) is 0 Å². The van der Waals surface area contributed by atoms with Gasteiger partial charge < -0.3 is 15.0 Å². The molecule has 1 heterocycles. The van der Waals surface area contributed by atoms with Gasteiger partial charge in [0.05, 0.1) is 4.92 Å². The molecule has 0 unspecified atom stereocenters. The van der Waals surface area contributed by atoms with Crippen molar-refractivity contribution in [1.29, 1.82) is 0 Å². The molecular weight excluding hydrogens is 350 g/mol. The number of carbonyl (C=O) groups excluding carboxylic acids is 2. The number of hydrogen-bond acceptors (Lipinski definition) is 5. The van der Waals surface area contributed by atoms with Crippen LogP contribution in [0.4, 0.5) is 17.1 Å². The highest BCUT2D eigenvalue weighted by Gasteiger charge is 2.22. The Kier molecular flexibility index (Phi) is 5.46. The van der Waals surface area contributed by atoms with Gasteiger partial charge in [0.25, 0.3) is 17.5 Å². The zero-order valence-electron chi connectivity index (χ0n) is 14.8. The van der Waals surface area contributed by atoms with Crippen LogP contribution in [0.2, 0.25) is 0 Å². The molecule has 8 nitrogen and oxygen atoms in total. The summed E-state index contributed by atoms with van der Waals surface area (Å²) in [6.07, 6.45) is 1.65. The lowest BCUT2D eigenvalue weighted by Crippen LogP contribution is -2.37. The Bertz CT molecular complexity index is 879. The van der Waals surface area contributed by atoms with E-state index in [2.05, 4.69) is 5.32 Å². The number of ether oxygens (including phenoxy) is 1. The number of fused-ring (bicyclic) bond motifs is 1. The minimum absolute atomic E-state index is 0.0259. The summed E-state index contributed by atoms with van der Waals surface area (Å²) in [6, 6.07) is 10.8. The van der Waals surface area contributed by atoms with Crippen LogP contribution in [0.5, 0.6) is 0 Å².